The number of nitrogens with zero attached hydrogens (tertiary/aromatic N) is 2. The zero-order chi connectivity index (χ0) is 11.3. The fraction of sp³-hybridized carbons (Fsp3) is 0.750. The first kappa shape index (κ1) is 12.2. The third-order valence-corrected chi connectivity index (χ3v) is 2.52. The summed E-state index contributed by atoms with van der Waals surface area (Å²) in [5, 5.41) is 12.1. The number of hydrogen-bond acceptors (Lipinski definition) is 3. The van der Waals surface area contributed by atoms with Crippen LogP contribution in [0.15, 0.2) is 12.2 Å². The molecule has 3 nitrogen and oxygen atoms in total. The zero-order valence-corrected chi connectivity index (χ0v) is 9.79. The molecule has 0 bridgehead atoms. The van der Waals surface area contributed by atoms with Gasteiger partial charge in [0.25, 0.3) is 0 Å². The van der Waals surface area contributed by atoms with E-state index in [-0.39, 0.29) is 5.92 Å². The first-order valence-corrected chi connectivity index (χ1v) is 5.60. The van der Waals surface area contributed by atoms with E-state index in [1.165, 1.54) is 18.4 Å². The van der Waals surface area contributed by atoms with Crippen LogP contribution >= 0.6 is 0 Å². The van der Waals surface area contributed by atoms with Crippen molar-refractivity contribution in [3.05, 3.63) is 12.2 Å². The van der Waals surface area contributed by atoms with Crippen molar-refractivity contribution >= 4 is 0 Å². The number of likely N-dealkylation sites (N-methyl/N-ethyl adjacent to an activating group) is 1. The summed E-state index contributed by atoms with van der Waals surface area (Å²) in [5.41, 5.74) is 1.20. The highest BCUT2D eigenvalue weighted by Crippen LogP contribution is 2.18. The molecule has 0 aromatic carbocycles. The second-order valence-corrected chi connectivity index (χ2v) is 4.63. The van der Waals surface area contributed by atoms with Gasteiger partial charge in [-0.25, -0.2) is 0 Å². The van der Waals surface area contributed by atoms with Gasteiger partial charge in [-0.2, -0.15) is 5.26 Å². The molecular weight excluding hydrogens is 186 g/mol. The predicted molar refractivity (Wildman–Crippen MR) is 62.4 cm³/mol. The van der Waals surface area contributed by atoms with Crippen molar-refractivity contribution in [2.24, 2.45) is 5.92 Å². The van der Waals surface area contributed by atoms with Crippen LogP contribution in [0.1, 0.15) is 19.8 Å². The minimum atomic E-state index is 0.0965. The SMILES string of the molecule is C=C(CNC1CC1)CN(C)CC(C)C#N. The van der Waals surface area contributed by atoms with Crippen molar-refractivity contribution in [3.63, 3.8) is 0 Å². The Morgan fingerprint density at radius 2 is 2.33 bits per heavy atom. The molecule has 1 saturated carbocycles. The fourth-order valence-corrected chi connectivity index (χ4v) is 1.59. The van der Waals surface area contributed by atoms with Gasteiger partial charge in [0.05, 0.1) is 12.0 Å². The van der Waals surface area contributed by atoms with Crippen LogP contribution in [0.5, 0.6) is 0 Å². The summed E-state index contributed by atoms with van der Waals surface area (Å²) < 4.78 is 0. The molecule has 0 saturated heterocycles. The van der Waals surface area contributed by atoms with Gasteiger partial charge in [-0.15, -0.1) is 0 Å². The Bertz CT molecular complexity index is 250. The van der Waals surface area contributed by atoms with Crippen LogP contribution < -0.4 is 5.32 Å². The highest BCUT2D eigenvalue weighted by atomic mass is 15.1. The average Bonchev–Trinajstić information content (AvgIpc) is 2.97. The highest BCUT2D eigenvalue weighted by molar-refractivity contribution is 5.01. The van der Waals surface area contributed by atoms with Crippen molar-refractivity contribution in [1.29, 1.82) is 5.26 Å². The summed E-state index contributed by atoms with van der Waals surface area (Å²) in [4.78, 5) is 2.16. The maximum absolute atomic E-state index is 8.69. The molecule has 0 heterocycles. The highest BCUT2D eigenvalue weighted by Gasteiger charge is 2.20. The van der Waals surface area contributed by atoms with Crippen molar-refractivity contribution < 1.29 is 0 Å². The standard InChI is InChI=1S/C12H21N3/c1-10(6-13)8-15(3)9-11(2)7-14-12-4-5-12/h10,12,14H,2,4-5,7-9H2,1,3H3. The normalized spacial score (nSPS) is 17.5. The summed E-state index contributed by atoms with van der Waals surface area (Å²) in [6.07, 6.45) is 2.63. The minimum absolute atomic E-state index is 0.0965. The van der Waals surface area contributed by atoms with Crippen molar-refractivity contribution in [3.8, 4) is 6.07 Å². The maximum Gasteiger partial charge on any atom is 0.0666 e. The Balaban J connectivity index is 2.09. The summed E-state index contributed by atoms with van der Waals surface area (Å²) in [6.45, 7) is 8.60. The summed E-state index contributed by atoms with van der Waals surface area (Å²) in [7, 11) is 2.04. The molecule has 15 heavy (non-hydrogen) atoms. The van der Waals surface area contributed by atoms with Gasteiger partial charge in [0.15, 0.2) is 0 Å². The molecular formula is C12H21N3. The molecule has 0 aromatic heterocycles. The van der Waals surface area contributed by atoms with Crippen LogP contribution in [-0.2, 0) is 0 Å². The van der Waals surface area contributed by atoms with Crippen LogP contribution in [-0.4, -0.2) is 37.6 Å². The van der Waals surface area contributed by atoms with E-state index in [1.54, 1.807) is 0 Å². The topological polar surface area (TPSA) is 39.1 Å². The smallest absolute Gasteiger partial charge is 0.0666 e. The van der Waals surface area contributed by atoms with Crippen LogP contribution in [0, 0.1) is 17.2 Å². The van der Waals surface area contributed by atoms with Gasteiger partial charge in [0, 0.05) is 25.7 Å². The average molecular weight is 207 g/mol. The summed E-state index contributed by atoms with van der Waals surface area (Å²) in [6, 6.07) is 2.98. The molecule has 0 aliphatic heterocycles. The molecule has 1 rings (SSSR count). The van der Waals surface area contributed by atoms with Crippen LogP contribution in [0.3, 0.4) is 0 Å². The van der Waals surface area contributed by atoms with Crippen LogP contribution in [0.4, 0.5) is 0 Å². The lowest BCUT2D eigenvalue weighted by molar-refractivity contribution is 0.332. The van der Waals surface area contributed by atoms with Crippen LogP contribution in [0.2, 0.25) is 0 Å². The monoisotopic (exact) mass is 207 g/mol. The molecule has 0 spiro atoms. The van der Waals surface area contributed by atoms with Crippen LogP contribution in [0.25, 0.3) is 0 Å². The fourth-order valence-electron chi connectivity index (χ4n) is 1.59. The first-order valence-electron chi connectivity index (χ1n) is 5.60. The maximum atomic E-state index is 8.69. The van der Waals surface area contributed by atoms with E-state index in [0.29, 0.717) is 0 Å². The molecule has 1 aliphatic carbocycles. The molecule has 1 fully saturated rings. The van der Waals surface area contributed by atoms with Gasteiger partial charge < -0.3 is 10.2 Å². The molecule has 0 amide bonds. The van der Waals surface area contributed by atoms with Gasteiger partial charge in [-0.3, -0.25) is 0 Å². The number of rotatable bonds is 7. The number of nitriles is 1. The van der Waals surface area contributed by atoms with Gasteiger partial charge in [0.2, 0.25) is 0 Å². The molecule has 1 atom stereocenters. The predicted octanol–water partition coefficient (Wildman–Crippen LogP) is 1.39. The molecule has 1 unspecified atom stereocenters. The third-order valence-electron chi connectivity index (χ3n) is 2.52. The Morgan fingerprint density at radius 3 is 2.87 bits per heavy atom. The van der Waals surface area contributed by atoms with Gasteiger partial charge in [-0.1, -0.05) is 6.58 Å². The Hall–Kier alpha value is -0.850. The molecule has 0 aromatic rings. The minimum Gasteiger partial charge on any atom is -0.310 e. The van der Waals surface area contributed by atoms with Gasteiger partial charge >= 0.3 is 0 Å². The van der Waals surface area contributed by atoms with Gasteiger partial charge in [0.1, 0.15) is 0 Å². The Labute approximate surface area is 92.8 Å². The lowest BCUT2D eigenvalue weighted by atomic mass is 10.2. The first-order chi connectivity index (χ1) is 7.11. The van der Waals surface area contributed by atoms with E-state index in [9.17, 15) is 0 Å². The van der Waals surface area contributed by atoms with Gasteiger partial charge in [-0.05, 0) is 32.4 Å². The van der Waals surface area contributed by atoms with Crippen molar-refractivity contribution in [1.82, 2.24) is 10.2 Å². The lowest BCUT2D eigenvalue weighted by Gasteiger charge is -2.19. The van der Waals surface area contributed by atoms with Crippen molar-refractivity contribution in [2.75, 3.05) is 26.7 Å². The Morgan fingerprint density at radius 1 is 1.67 bits per heavy atom. The molecule has 1 N–H and O–H groups in total. The third kappa shape index (κ3) is 5.56. The number of hydrogen-bond donors (Lipinski definition) is 1. The van der Waals surface area contributed by atoms with E-state index in [0.717, 1.165) is 25.7 Å². The second-order valence-electron chi connectivity index (χ2n) is 4.63. The molecule has 3 heteroatoms. The van der Waals surface area contributed by atoms with E-state index in [1.807, 2.05) is 14.0 Å². The molecule has 84 valence electrons. The molecule has 0 radical (unpaired) electrons. The van der Waals surface area contributed by atoms with E-state index in [2.05, 4.69) is 22.9 Å². The largest absolute Gasteiger partial charge is 0.310 e. The zero-order valence-electron chi connectivity index (χ0n) is 9.79. The van der Waals surface area contributed by atoms with E-state index < -0.39 is 0 Å². The summed E-state index contributed by atoms with van der Waals surface area (Å²) >= 11 is 0. The van der Waals surface area contributed by atoms with Crippen molar-refractivity contribution in [2.45, 2.75) is 25.8 Å². The molecule has 1 aliphatic rings. The van der Waals surface area contributed by atoms with E-state index >= 15 is 0 Å². The number of nitrogens with one attached hydrogen (secondary N) is 1. The Kier molecular flexibility index (Phi) is 4.80. The lowest BCUT2D eigenvalue weighted by Crippen LogP contribution is -2.29. The summed E-state index contributed by atoms with van der Waals surface area (Å²) in [5.74, 6) is 0.0965. The second kappa shape index (κ2) is 5.89. The van der Waals surface area contributed by atoms with E-state index in [4.69, 9.17) is 5.26 Å². The quantitative estimate of drug-likeness (QED) is 0.641.